The molecule has 4 rings (SSSR count). The Hall–Kier alpha value is -2.65. The van der Waals surface area contributed by atoms with Gasteiger partial charge in [-0.3, -0.25) is 19.3 Å². The number of aliphatic hydroxyl groups excluding tert-OH is 1. The number of ether oxygens (including phenoxy) is 2. The summed E-state index contributed by atoms with van der Waals surface area (Å²) in [6, 6.07) is 10.7. The number of hydrogen-bond donors (Lipinski definition) is 2. The van der Waals surface area contributed by atoms with Gasteiger partial charge < -0.3 is 23.6 Å². The largest absolute Gasteiger partial charge is 0.462 e. The van der Waals surface area contributed by atoms with Crippen LogP contribution in [0.3, 0.4) is 0 Å². The maximum atomic E-state index is 15.4. The monoisotopic (exact) mass is 682 g/mol. The molecular formula is C27H28ClF4N2O8PS. The number of esters is 1. The molecule has 5 atom stereocenters. The summed E-state index contributed by atoms with van der Waals surface area (Å²) in [5.41, 5.74) is -3.45. The minimum Gasteiger partial charge on any atom is -0.462 e. The summed E-state index contributed by atoms with van der Waals surface area (Å²) >= 11 is 11.3. The highest BCUT2D eigenvalue weighted by atomic mass is 35.5. The maximum absolute atomic E-state index is 15.4. The Balaban J connectivity index is 1.67. The number of benzene rings is 2. The molecule has 2 aliphatic rings. The Labute approximate surface area is 259 Å². The van der Waals surface area contributed by atoms with E-state index in [9.17, 15) is 28.3 Å². The van der Waals surface area contributed by atoms with Crippen LogP contribution in [0.15, 0.2) is 53.7 Å². The van der Waals surface area contributed by atoms with Crippen molar-refractivity contribution in [3.05, 3.63) is 53.7 Å². The van der Waals surface area contributed by atoms with Gasteiger partial charge in [-0.25, -0.2) is 13.9 Å². The molecule has 0 bridgehead atoms. The zero-order valence-electron chi connectivity index (χ0n) is 23.4. The first-order chi connectivity index (χ1) is 20.5. The summed E-state index contributed by atoms with van der Waals surface area (Å²) in [4.78, 5) is 36.8. The molecule has 1 unspecified atom stereocenters. The van der Waals surface area contributed by atoms with Gasteiger partial charge in [0.25, 0.3) is 6.43 Å². The van der Waals surface area contributed by atoms with Crippen LogP contribution in [0.5, 0.6) is 5.75 Å². The first kappa shape index (κ1) is 34.2. The lowest BCUT2D eigenvalue weighted by Gasteiger charge is -2.34. The van der Waals surface area contributed by atoms with Gasteiger partial charge in [0.05, 0.1) is 19.1 Å². The first-order valence-corrected chi connectivity index (χ1v) is 16.2. The van der Waals surface area contributed by atoms with E-state index in [1.165, 1.54) is 13.0 Å². The Morgan fingerprint density at radius 1 is 1.20 bits per heavy atom. The van der Waals surface area contributed by atoms with E-state index in [-0.39, 0.29) is 10.6 Å². The van der Waals surface area contributed by atoms with Crippen molar-refractivity contribution in [2.75, 3.05) is 6.61 Å². The van der Waals surface area contributed by atoms with E-state index < -0.39 is 84.8 Å². The van der Waals surface area contributed by atoms with E-state index in [2.05, 4.69) is 5.09 Å². The molecule has 240 valence electrons. The zero-order chi connectivity index (χ0) is 32.6. The molecule has 2 aliphatic heterocycles. The van der Waals surface area contributed by atoms with Crippen molar-refractivity contribution in [3.63, 3.8) is 0 Å². The smallest absolute Gasteiger partial charge is 0.323 e. The summed E-state index contributed by atoms with van der Waals surface area (Å²) in [7, 11) is 0. The minimum absolute atomic E-state index is 0.0921. The summed E-state index contributed by atoms with van der Waals surface area (Å²) in [5.74, 6) is -7.29. The van der Waals surface area contributed by atoms with Crippen LogP contribution >= 0.6 is 18.2 Å². The van der Waals surface area contributed by atoms with Crippen molar-refractivity contribution >= 4 is 58.5 Å². The topological polar surface area (TPSA) is 124 Å². The van der Waals surface area contributed by atoms with Gasteiger partial charge >= 0.3 is 18.5 Å². The van der Waals surface area contributed by atoms with Gasteiger partial charge in [-0.1, -0.05) is 41.9 Å². The molecule has 2 N–H and O–H groups in total. The van der Waals surface area contributed by atoms with Crippen molar-refractivity contribution in [2.45, 2.75) is 69.6 Å². The molecule has 0 aromatic heterocycles. The maximum Gasteiger partial charge on any atom is 0.323 e. The molecule has 0 spiro atoms. The van der Waals surface area contributed by atoms with E-state index in [1.807, 2.05) is 6.07 Å². The second-order valence-electron chi connectivity index (χ2n) is 10.4. The van der Waals surface area contributed by atoms with Gasteiger partial charge in [0.1, 0.15) is 16.8 Å². The highest BCUT2D eigenvalue weighted by Crippen LogP contribution is 2.52. The third-order valence-electron chi connectivity index (χ3n) is 6.69. The molecular weight excluding hydrogens is 655 g/mol. The van der Waals surface area contributed by atoms with Crippen LogP contribution in [-0.2, 0) is 40.2 Å². The normalized spacial score (nSPS) is 25.7. The number of carbonyl (C=O) groups is 3. The number of alkyl halides is 4. The molecule has 1 fully saturated rings. The number of Topliss-reactive ketones (excluding diaryl/α,β-unsaturated/α-hetero) is 1. The lowest BCUT2D eigenvalue weighted by Crippen LogP contribution is -2.55. The Kier molecular flexibility index (Phi) is 10.1. The average Bonchev–Trinajstić information content (AvgIpc) is 3.15. The number of halogens is 5. The van der Waals surface area contributed by atoms with Gasteiger partial charge in [-0.2, -0.15) is 8.78 Å². The lowest BCUT2D eigenvalue weighted by molar-refractivity contribution is -0.201. The number of ketones is 1. The highest BCUT2D eigenvalue weighted by Gasteiger charge is 2.72. The third-order valence-corrected chi connectivity index (χ3v) is 9.48. The van der Waals surface area contributed by atoms with Gasteiger partial charge in [0.15, 0.2) is 17.5 Å². The van der Waals surface area contributed by atoms with Crippen LogP contribution in [0.1, 0.15) is 27.2 Å². The molecule has 1 saturated heterocycles. The predicted octanol–water partition coefficient (Wildman–Crippen LogP) is 4.63. The van der Waals surface area contributed by atoms with Crippen molar-refractivity contribution < 1.29 is 55.6 Å². The molecule has 17 heteroatoms. The highest BCUT2D eigenvalue weighted by molar-refractivity contribution is 8.09. The van der Waals surface area contributed by atoms with Crippen LogP contribution in [-0.4, -0.2) is 76.7 Å². The molecule has 1 amide bonds. The lowest BCUT2D eigenvalue weighted by atomic mass is 9.95. The number of fused-ring (bicyclic) bond motifs is 1. The van der Waals surface area contributed by atoms with Gasteiger partial charge in [-0.15, -0.1) is 0 Å². The number of rotatable bonds is 11. The van der Waals surface area contributed by atoms with Crippen LogP contribution in [0, 0.1) is 0 Å². The number of aliphatic hydroxyl groups is 1. The first-order valence-electron chi connectivity index (χ1n) is 13.1. The molecule has 0 saturated carbocycles. The standard InChI is InChI=1S/C27H28ClF4N2O8PS/c1-14(2)40-22(37)15(3)33-43(44,42-18-9-8-16-6-4-5-7-17(16)10-18)39-13-26(24(29)30)23(38)27(31,32)25(41-26)34-12-19(28)20(35)11-21(34)36/h4-10,12,14-15,23-25,38H,11,13H2,1-3H3,(H,33,44)/t15-,23+,25+,26+,43?/m0/s1. The molecule has 44 heavy (non-hydrogen) atoms. The van der Waals surface area contributed by atoms with Crippen LogP contribution in [0.2, 0.25) is 0 Å². The van der Waals surface area contributed by atoms with E-state index in [4.69, 9.17) is 41.9 Å². The average molecular weight is 683 g/mol. The van der Waals surface area contributed by atoms with Crippen molar-refractivity contribution in [3.8, 4) is 5.75 Å². The van der Waals surface area contributed by atoms with E-state index >= 15 is 8.78 Å². The van der Waals surface area contributed by atoms with Gasteiger partial charge in [0, 0.05) is 6.20 Å². The van der Waals surface area contributed by atoms with Crippen molar-refractivity contribution in [1.29, 1.82) is 0 Å². The number of carbonyl (C=O) groups excluding carboxylic acids is 3. The Morgan fingerprint density at radius 3 is 2.50 bits per heavy atom. The van der Waals surface area contributed by atoms with E-state index in [0.29, 0.717) is 11.6 Å². The Morgan fingerprint density at radius 2 is 1.86 bits per heavy atom. The fraction of sp³-hybridized carbons (Fsp3) is 0.444. The quantitative estimate of drug-likeness (QED) is 0.150. The van der Waals surface area contributed by atoms with Crippen LogP contribution < -0.4 is 9.61 Å². The zero-order valence-corrected chi connectivity index (χ0v) is 25.9. The fourth-order valence-corrected chi connectivity index (χ4v) is 7.03. The number of amides is 1. The van der Waals surface area contributed by atoms with Gasteiger partial charge in [0.2, 0.25) is 12.1 Å². The second kappa shape index (κ2) is 13.0. The number of nitrogens with one attached hydrogen (secondary N) is 1. The van der Waals surface area contributed by atoms with Crippen molar-refractivity contribution in [2.24, 2.45) is 0 Å². The molecule has 0 radical (unpaired) electrons. The number of hydrogen-bond acceptors (Lipinski definition) is 9. The summed E-state index contributed by atoms with van der Waals surface area (Å²) in [5, 5.41) is 14.1. The Bertz CT molecular complexity index is 1530. The van der Waals surface area contributed by atoms with E-state index in [1.54, 1.807) is 44.2 Å². The number of allylic oxidation sites excluding steroid dienone is 1. The third kappa shape index (κ3) is 6.94. The molecule has 10 nitrogen and oxygen atoms in total. The SMILES string of the molecule is CC(C)OC(=O)[C@H](C)NP(=S)(OC[C@@]1(C(F)F)O[C@@H](N2C=C(Cl)C(=O)CC2=O)C(F)(F)[C@@H]1O)Oc1ccc2ccccc2c1. The van der Waals surface area contributed by atoms with E-state index in [0.717, 1.165) is 5.39 Å². The molecule has 2 aromatic rings. The van der Waals surface area contributed by atoms with Crippen molar-refractivity contribution in [1.82, 2.24) is 9.99 Å². The number of nitrogens with zero attached hydrogens (tertiary/aromatic N) is 1. The minimum atomic E-state index is -4.49. The molecule has 2 aromatic carbocycles. The van der Waals surface area contributed by atoms with Crippen LogP contribution in [0.4, 0.5) is 17.6 Å². The van der Waals surface area contributed by atoms with Crippen LogP contribution in [0.25, 0.3) is 10.8 Å². The summed E-state index contributed by atoms with van der Waals surface area (Å²) in [6.07, 6.45) is -10.7. The molecule has 2 heterocycles. The van der Waals surface area contributed by atoms with Gasteiger partial charge in [-0.05, 0) is 55.5 Å². The summed E-state index contributed by atoms with van der Waals surface area (Å²) in [6.45, 7) is -1.05. The predicted molar refractivity (Wildman–Crippen MR) is 154 cm³/mol. The second-order valence-corrected chi connectivity index (χ2v) is 13.9. The molecule has 0 aliphatic carbocycles. The fourth-order valence-electron chi connectivity index (χ4n) is 4.44. The summed E-state index contributed by atoms with van der Waals surface area (Å²) < 4.78 is 81.6.